The van der Waals surface area contributed by atoms with E-state index in [1.54, 1.807) is 0 Å². The summed E-state index contributed by atoms with van der Waals surface area (Å²) in [5.41, 5.74) is 0. The topological polar surface area (TPSA) is 14.1 Å². The maximum atomic E-state index is 3.67. The van der Waals surface area contributed by atoms with Crippen LogP contribution in [0.3, 0.4) is 0 Å². The highest BCUT2D eigenvalue weighted by molar-refractivity contribution is 5.02. The van der Waals surface area contributed by atoms with Gasteiger partial charge < -0.3 is 0 Å². The fourth-order valence-corrected chi connectivity index (χ4v) is 0.493. The molecule has 0 saturated heterocycles. The largest absolute Gasteiger partial charge is 0.268 e. The Morgan fingerprint density at radius 3 is 2.43 bits per heavy atom. The molecule has 7 heavy (non-hydrogen) atoms. The van der Waals surface area contributed by atoms with Crippen LogP contribution in [0.15, 0.2) is 12.3 Å². The second-order valence-corrected chi connectivity index (χ2v) is 1.53. The minimum atomic E-state index is 0.921. The molecule has 0 unspecified atom stereocenters. The van der Waals surface area contributed by atoms with Gasteiger partial charge in [0, 0.05) is 0 Å². The predicted octanol–water partition coefficient (Wildman–Crippen LogP) is -0.960. The number of rotatable bonds is 0. The summed E-state index contributed by atoms with van der Waals surface area (Å²) in [6.07, 6.45) is 1.82. The molecule has 0 aromatic carbocycles. The van der Waals surface area contributed by atoms with Crippen LogP contribution in [0.25, 0.3) is 13.2 Å². The van der Waals surface area contributed by atoms with Crippen molar-refractivity contribution in [3.63, 3.8) is 0 Å². The zero-order valence-electron chi connectivity index (χ0n) is 4.07. The lowest BCUT2D eigenvalue weighted by molar-refractivity contribution is -0.390. The Kier molecular flexibility index (Phi) is 0.754. The van der Waals surface area contributed by atoms with E-state index in [1.165, 1.54) is 0 Å². The Bertz CT molecular complexity index is 208. The first-order valence-corrected chi connectivity index (χ1v) is 2.11. The van der Waals surface area contributed by atoms with Gasteiger partial charge in [0.1, 0.15) is 5.35 Å². The van der Waals surface area contributed by atoms with Gasteiger partial charge in [0.25, 0.3) is 0 Å². The van der Waals surface area contributed by atoms with Crippen molar-refractivity contribution in [1.29, 1.82) is 0 Å². The molecular weight excluding hydrogens is 86.1 g/mol. The van der Waals surface area contributed by atoms with E-state index in [-0.39, 0.29) is 0 Å². The van der Waals surface area contributed by atoms with Crippen LogP contribution in [0.4, 0.5) is 0 Å². The standard InChI is InChI=1S/C6H6N/c1-5-3-6(2)7-4-5/h3-4H,1-2H2/q-1/p+1. The summed E-state index contributed by atoms with van der Waals surface area (Å²) < 4.78 is 0. The van der Waals surface area contributed by atoms with Crippen LogP contribution >= 0.6 is 0 Å². The van der Waals surface area contributed by atoms with Gasteiger partial charge in [-0.25, -0.2) is 0 Å². The molecule has 0 radical (unpaired) electrons. The zero-order chi connectivity index (χ0) is 5.28. The molecule has 1 aromatic heterocycles. The zero-order valence-corrected chi connectivity index (χ0v) is 4.07. The monoisotopic (exact) mass is 93.1 g/mol. The smallest absolute Gasteiger partial charge is 0.107 e. The fourth-order valence-electron chi connectivity index (χ4n) is 0.493. The third-order valence-corrected chi connectivity index (χ3v) is 0.803. The number of hydrogen-bond acceptors (Lipinski definition) is 0. The van der Waals surface area contributed by atoms with Gasteiger partial charge in [-0.2, -0.15) is 6.58 Å². The van der Waals surface area contributed by atoms with Gasteiger partial charge in [-0.3, -0.25) is 4.98 Å². The maximum Gasteiger partial charge on any atom is 0.107 e. The number of H-pyrrole nitrogens is 1. The van der Waals surface area contributed by atoms with E-state index >= 15 is 0 Å². The van der Waals surface area contributed by atoms with Gasteiger partial charge in [-0.05, 0) is 0 Å². The van der Waals surface area contributed by atoms with E-state index in [9.17, 15) is 0 Å². The van der Waals surface area contributed by atoms with Gasteiger partial charge in [0.05, 0.1) is 6.20 Å². The molecule has 0 saturated carbocycles. The van der Waals surface area contributed by atoms with E-state index in [4.69, 9.17) is 0 Å². The molecule has 0 fully saturated rings. The minimum absolute atomic E-state index is 0.921. The van der Waals surface area contributed by atoms with Crippen molar-refractivity contribution in [2.75, 3.05) is 0 Å². The minimum Gasteiger partial charge on any atom is -0.268 e. The van der Waals surface area contributed by atoms with Crippen LogP contribution in [0.5, 0.6) is 0 Å². The van der Waals surface area contributed by atoms with Crippen molar-refractivity contribution in [2.24, 2.45) is 0 Å². The number of aromatic nitrogens is 1. The van der Waals surface area contributed by atoms with Crippen molar-refractivity contribution < 1.29 is 4.98 Å². The lowest BCUT2D eigenvalue weighted by Gasteiger charge is -1.55. The average molecular weight is 93.1 g/mol. The quantitative estimate of drug-likeness (QED) is 0.367. The molecule has 0 aliphatic heterocycles. The molecule has 1 N–H and O–H groups in total. The SMILES string of the molecule is C=c1c[nH+]c(=C)[cH-]1. The van der Waals surface area contributed by atoms with Crippen molar-refractivity contribution in [2.45, 2.75) is 0 Å². The van der Waals surface area contributed by atoms with E-state index < -0.39 is 0 Å². The highest BCUT2D eigenvalue weighted by Gasteiger charge is 1.72. The van der Waals surface area contributed by atoms with Crippen LogP contribution in [0, 0.1) is 0 Å². The summed E-state index contributed by atoms with van der Waals surface area (Å²) in [7, 11) is 0. The number of nitrogens with one attached hydrogen (secondary N) is 1. The van der Waals surface area contributed by atoms with Crippen LogP contribution in [-0.4, -0.2) is 0 Å². The van der Waals surface area contributed by atoms with Gasteiger partial charge in [-0.15, -0.1) is 0 Å². The van der Waals surface area contributed by atoms with Gasteiger partial charge in [0.15, 0.2) is 0 Å². The molecule has 1 nitrogen and oxygen atoms in total. The fraction of sp³-hybridized carbons (Fsp3) is 0. The van der Waals surface area contributed by atoms with E-state index in [2.05, 4.69) is 18.1 Å². The average Bonchev–Trinajstić information content (AvgIpc) is 1.87. The molecule has 1 aromatic rings. The second-order valence-electron chi connectivity index (χ2n) is 1.53. The third-order valence-electron chi connectivity index (χ3n) is 0.803. The van der Waals surface area contributed by atoms with Crippen molar-refractivity contribution in [3.8, 4) is 0 Å². The Morgan fingerprint density at radius 2 is 2.29 bits per heavy atom. The molecule has 0 spiro atoms. The van der Waals surface area contributed by atoms with Crippen LogP contribution in [0.2, 0.25) is 0 Å². The van der Waals surface area contributed by atoms with Gasteiger partial charge in [0.2, 0.25) is 0 Å². The first-order chi connectivity index (χ1) is 3.29. The first kappa shape index (κ1) is 4.19. The van der Waals surface area contributed by atoms with Crippen molar-refractivity contribution in [3.05, 3.63) is 22.8 Å². The molecule has 0 atom stereocenters. The summed E-state index contributed by atoms with van der Waals surface area (Å²) >= 11 is 0. The second kappa shape index (κ2) is 1.26. The third kappa shape index (κ3) is 0.712. The Hall–Kier alpha value is -0.980. The van der Waals surface area contributed by atoms with Gasteiger partial charge >= 0.3 is 0 Å². The highest BCUT2D eigenvalue weighted by Crippen LogP contribution is 1.42. The molecule has 0 aliphatic carbocycles. The summed E-state index contributed by atoms with van der Waals surface area (Å²) in [4.78, 5) is 2.89. The lowest BCUT2D eigenvalue weighted by Crippen LogP contribution is -2.17. The molecule has 1 heteroatoms. The molecule has 1 heterocycles. The van der Waals surface area contributed by atoms with Crippen LogP contribution < -0.4 is 15.6 Å². The molecular formula is C6H7N. The van der Waals surface area contributed by atoms with E-state index in [0.717, 1.165) is 10.6 Å². The lowest BCUT2D eigenvalue weighted by atomic mass is 10.5. The van der Waals surface area contributed by atoms with Gasteiger partial charge in [-0.1, -0.05) is 17.9 Å². The summed E-state index contributed by atoms with van der Waals surface area (Å²) in [5, 5.41) is 1.91. The first-order valence-electron chi connectivity index (χ1n) is 2.11. The molecule has 0 bridgehead atoms. The summed E-state index contributed by atoms with van der Waals surface area (Å²) in [5.74, 6) is 0. The van der Waals surface area contributed by atoms with E-state index in [1.807, 2.05) is 12.3 Å². The molecule has 1 rings (SSSR count). The van der Waals surface area contributed by atoms with Crippen molar-refractivity contribution >= 4 is 13.2 Å². The number of hydrogen-bond donors (Lipinski definition) is 0. The predicted molar refractivity (Wildman–Crippen MR) is 28.9 cm³/mol. The normalized spacial score (nSPS) is 9.14. The molecule has 36 valence electrons. The summed E-state index contributed by atoms with van der Waals surface area (Å²) in [6, 6.07) is 1.89. The van der Waals surface area contributed by atoms with Crippen LogP contribution in [0.1, 0.15) is 0 Å². The maximum absolute atomic E-state index is 3.67. The van der Waals surface area contributed by atoms with E-state index in [0.29, 0.717) is 0 Å². The summed E-state index contributed by atoms with van der Waals surface area (Å²) in [6.45, 7) is 7.32. The van der Waals surface area contributed by atoms with Crippen LogP contribution in [-0.2, 0) is 0 Å². The van der Waals surface area contributed by atoms with Crippen molar-refractivity contribution in [1.82, 2.24) is 0 Å². The Balaban J connectivity index is 3.59. The Labute approximate surface area is 42.0 Å². The molecule has 0 aliphatic rings. The number of aromatic amines is 1. The molecule has 0 amide bonds. The highest BCUT2D eigenvalue weighted by atomic mass is 14.6. The Morgan fingerprint density at radius 1 is 1.57 bits per heavy atom.